The number of nitrogens with zero attached hydrogens (tertiary/aromatic N) is 2. The average Bonchev–Trinajstić information content (AvgIpc) is 2.82. The van der Waals surface area contributed by atoms with Crippen LogP contribution in [0.3, 0.4) is 0 Å². The Balaban J connectivity index is 2.24. The first kappa shape index (κ1) is 18.1. The predicted octanol–water partition coefficient (Wildman–Crippen LogP) is 2.07. The van der Waals surface area contributed by atoms with Gasteiger partial charge in [-0.3, -0.25) is 9.59 Å². The van der Waals surface area contributed by atoms with Crippen molar-refractivity contribution in [2.75, 3.05) is 25.1 Å². The van der Waals surface area contributed by atoms with Gasteiger partial charge in [0, 0.05) is 24.7 Å². The third kappa shape index (κ3) is 3.31. The number of carbonyl (C=O) groups is 2. The predicted molar refractivity (Wildman–Crippen MR) is 86.1 cm³/mol. The van der Waals surface area contributed by atoms with Crippen LogP contribution in [0.15, 0.2) is 36.9 Å². The van der Waals surface area contributed by atoms with Gasteiger partial charge in [0.15, 0.2) is 0 Å². The van der Waals surface area contributed by atoms with Crippen LogP contribution in [0.4, 0.5) is 14.5 Å². The van der Waals surface area contributed by atoms with Gasteiger partial charge in [-0.1, -0.05) is 6.58 Å². The molecule has 1 unspecified atom stereocenters. The van der Waals surface area contributed by atoms with Crippen molar-refractivity contribution in [2.24, 2.45) is 0 Å². The maximum absolute atomic E-state index is 13.7. The molecule has 0 bridgehead atoms. The van der Waals surface area contributed by atoms with E-state index in [0.29, 0.717) is 5.69 Å². The first-order valence-electron chi connectivity index (χ1n) is 7.44. The summed E-state index contributed by atoms with van der Waals surface area (Å²) >= 11 is 0. The molecule has 1 heterocycles. The van der Waals surface area contributed by atoms with E-state index >= 15 is 0 Å². The highest BCUT2D eigenvalue weighted by Crippen LogP contribution is 2.40. The Labute approximate surface area is 139 Å². The molecule has 0 spiro atoms. The first-order valence-corrected chi connectivity index (χ1v) is 7.44. The van der Waals surface area contributed by atoms with Gasteiger partial charge in [0.2, 0.25) is 5.91 Å². The van der Waals surface area contributed by atoms with Crippen molar-refractivity contribution >= 4 is 17.5 Å². The van der Waals surface area contributed by atoms with Gasteiger partial charge in [-0.15, -0.1) is 0 Å². The zero-order valence-electron chi connectivity index (χ0n) is 13.6. The molecule has 1 N–H and O–H groups in total. The van der Waals surface area contributed by atoms with E-state index < -0.39 is 36.9 Å². The summed E-state index contributed by atoms with van der Waals surface area (Å²) in [5, 5.41) is 9.45. The maximum Gasteiger partial charge on any atom is 0.267 e. The summed E-state index contributed by atoms with van der Waals surface area (Å²) in [7, 11) is 1.56. The minimum atomic E-state index is -3.02. The average molecular weight is 338 g/mol. The second kappa shape index (κ2) is 6.32. The molecule has 0 saturated carbocycles. The topological polar surface area (TPSA) is 60.9 Å². The van der Waals surface area contributed by atoms with E-state index in [0.717, 1.165) is 11.0 Å². The number of aliphatic hydroxyl groups is 1. The molecule has 1 saturated heterocycles. The Morgan fingerprint density at radius 2 is 1.96 bits per heavy atom. The molecule has 0 aromatic heterocycles. The molecule has 1 aliphatic rings. The summed E-state index contributed by atoms with van der Waals surface area (Å²) in [6.07, 6.45) is 0.592. The zero-order valence-corrected chi connectivity index (χ0v) is 13.6. The van der Waals surface area contributed by atoms with Crippen molar-refractivity contribution in [2.45, 2.75) is 24.8 Å². The smallest absolute Gasteiger partial charge is 0.267 e. The number of alkyl halides is 2. The van der Waals surface area contributed by atoms with E-state index in [1.165, 1.54) is 24.0 Å². The third-order valence-electron chi connectivity index (χ3n) is 4.27. The molecule has 0 aliphatic carbocycles. The zero-order chi connectivity index (χ0) is 18.1. The lowest BCUT2D eigenvalue weighted by atomic mass is 9.98. The number of likely N-dealkylation sites (tertiary alicyclic amines) is 1. The molecule has 5 nitrogen and oxygen atoms in total. The molecular formula is C17H20F2N2O3. The normalized spacial score (nSPS) is 22.3. The Kier molecular flexibility index (Phi) is 4.75. The second-order valence-corrected chi connectivity index (χ2v) is 6.23. The lowest BCUT2D eigenvalue weighted by Gasteiger charge is -2.32. The van der Waals surface area contributed by atoms with Gasteiger partial charge in [0.25, 0.3) is 11.8 Å². The number of aliphatic hydroxyl groups excluding tert-OH is 1. The molecule has 1 aliphatic heterocycles. The van der Waals surface area contributed by atoms with Gasteiger partial charge in [-0.2, -0.15) is 0 Å². The lowest BCUT2D eigenvalue weighted by Crippen LogP contribution is -2.47. The van der Waals surface area contributed by atoms with Crippen molar-refractivity contribution in [1.82, 2.24) is 4.90 Å². The molecule has 130 valence electrons. The van der Waals surface area contributed by atoms with Crippen LogP contribution in [-0.4, -0.2) is 53.5 Å². The highest BCUT2D eigenvalue weighted by Gasteiger charge is 2.53. The number of hydrogen-bond donors (Lipinski definition) is 1. The molecule has 24 heavy (non-hydrogen) atoms. The van der Waals surface area contributed by atoms with Crippen LogP contribution in [0.2, 0.25) is 0 Å². The SMILES string of the molecule is C=CC(=O)N(C)c1ccc(C(=O)N2CC(F)(F)CC2(C)CO)cc1. The fourth-order valence-corrected chi connectivity index (χ4v) is 2.84. The second-order valence-electron chi connectivity index (χ2n) is 6.23. The van der Waals surface area contributed by atoms with Crippen molar-refractivity contribution < 1.29 is 23.5 Å². The van der Waals surface area contributed by atoms with Crippen LogP contribution in [0.25, 0.3) is 0 Å². The highest BCUT2D eigenvalue weighted by molar-refractivity contribution is 6.01. The number of carbonyl (C=O) groups excluding carboxylic acids is 2. The highest BCUT2D eigenvalue weighted by atomic mass is 19.3. The van der Waals surface area contributed by atoms with Crippen LogP contribution >= 0.6 is 0 Å². The molecule has 1 aromatic rings. The summed E-state index contributed by atoms with van der Waals surface area (Å²) in [6, 6.07) is 6.05. The van der Waals surface area contributed by atoms with Gasteiger partial charge < -0.3 is 14.9 Å². The van der Waals surface area contributed by atoms with E-state index in [1.807, 2.05) is 0 Å². The Morgan fingerprint density at radius 1 is 1.38 bits per heavy atom. The van der Waals surface area contributed by atoms with Crippen LogP contribution in [-0.2, 0) is 4.79 Å². The molecule has 1 fully saturated rings. The van der Waals surface area contributed by atoms with Crippen molar-refractivity contribution in [3.8, 4) is 0 Å². The minimum Gasteiger partial charge on any atom is -0.394 e. The van der Waals surface area contributed by atoms with Gasteiger partial charge in [-0.25, -0.2) is 8.78 Å². The number of anilines is 1. The molecule has 7 heteroatoms. The van der Waals surface area contributed by atoms with Crippen molar-refractivity contribution in [1.29, 1.82) is 0 Å². The molecular weight excluding hydrogens is 318 g/mol. The van der Waals surface area contributed by atoms with E-state index in [9.17, 15) is 23.5 Å². The van der Waals surface area contributed by atoms with Gasteiger partial charge in [-0.05, 0) is 37.3 Å². The molecule has 1 aromatic carbocycles. The largest absolute Gasteiger partial charge is 0.394 e. The van der Waals surface area contributed by atoms with E-state index in [-0.39, 0.29) is 11.5 Å². The maximum atomic E-state index is 13.7. The fraction of sp³-hybridized carbons (Fsp3) is 0.412. The lowest BCUT2D eigenvalue weighted by molar-refractivity contribution is -0.113. The van der Waals surface area contributed by atoms with Crippen molar-refractivity contribution in [3.63, 3.8) is 0 Å². The molecule has 1 atom stereocenters. The number of benzene rings is 1. The van der Waals surface area contributed by atoms with Gasteiger partial charge in [0.1, 0.15) is 0 Å². The van der Waals surface area contributed by atoms with Gasteiger partial charge in [0.05, 0.1) is 18.7 Å². The number of hydrogen-bond acceptors (Lipinski definition) is 3. The monoisotopic (exact) mass is 338 g/mol. The summed E-state index contributed by atoms with van der Waals surface area (Å²) in [6.45, 7) is 3.58. The van der Waals surface area contributed by atoms with Crippen LogP contribution in [0.5, 0.6) is 0 Å². The minimum absolute atomic E-state index is 0.218. The number of amides is 2. The Morgan fingerprint density at radius 3 is 2.46 bits per heavy atom. The van der Waals surface area contributed by atoms with E-state index in [2.05, 4.69) is 6.58 Å². The van der Waals surface area contributed by atoms with E-state index in [4.69, 9.17) is 0 Å². The first-order chi connectivity index (χ1) is 11.1. The summed E-state index contributed by atoms with van der Waals surface area (Å²) in [5.74, 6) is -3.90. The number of likely N-dealkylation sites (N-methyl/N-ethyl adjacent to an activating group) is 1. The van der Waals surface area contributed by atoms with E-state index in [1.54, 1.807) is 19.2 Å². The summed E-state index contributed by atoms with van der Waals surface area (Å²) < 4.78 is 27.4. The Bertz CT molecular complexity index is 660. The standard InChI is InChI=1S/C17H20F2N2O3/c1-4-14(23)20(3)13-7-5-12(6-8-13)15(24)21-10-17(18,19)9-16(21,2)11-22/h4-8,22H,1,9-11H2,2-3H3. The van der Waals surface area contributed by atoms with Crippen LogP contribution in [0, 0.1) is 0 Å². The summed E-state index contributed by atoms with van der Waals surface area (Å²) in [5.41, 5.74) is -0.529. The Hall–Kier alpha value is -2.28. The third-order valence-corrected chi connectivity index (χ3v) is 4.27. The number of halogens is 2. The van der Waals surface area contributed by atoms with Gasteiger partial charge >= 0.3 is 0 Å². The van der Waals surface area contributed by atoms with Crippen molar-refractivity contribution in [3.05, 3.63) is 42.5 Å². The molecule has 2 rings (SSSR count). The quantitative estimate of drug-likeness (QED) is 0.855. The fourth-order valence-electron chi connectivity index (χ4n) is 2.84. The summed E-state index contributed by atoms with van der Waals surface area (Å²) in [4.78, 5) is 26.5. The molecule has 0 radical (unpaired) electrons. The van der Waals surface area contributed by atoms with Crippen LogP contribution < -0.4 is 4.90 Å². The number of rotatable bonds is 4. The van der Waals surface area contributed by atoms with Crippen LogP contribution in [0.1, 0.15) is 23.7 Å². The molecule has 2 amide bonds.